The van der Waals surface area contributed by atoms with Gasteiger partial charge >= 0.3 is 0 Å². The predicted octanol–water partition coefficient (Wildman–Crippen LogP) is 4.12. The van der Waals surface area contributed by atoms with Crippen LogP contribution in [0, 0.1) is 0 Å². The molecule has 0 aromatic rings. The summed E-state index contributed by atoms with van der Waals surface area (Å²) in [7, 11) is 0. The molecule has 0 aromatic heterocycles. The summed E-state index contributed by atoms with van der Waals surface area (Å²) in [6.45, 7) is 8.42. The van der Waals surface area contributed by atoms with Crippen LogP contribution in [0.3, 0.4) is 0 Å². The number of ether oxygens (including phenoxy) is 1. The molecule has 2 heteroatoms. The van der Waals surface area contributed by atoms with E-state index >= 15 is 0 Å². The van der Waals surface area contributed by atoms with Gasteiger partial charge in [-0.05, 0) is 27.2 Å². The maximum Gasteiger partial charge on any atom is 0.158 e. The van der Waals surface area contributed by atoms with Crippen LogP contribution >= 0.6 is 0 Å². The number of carbonyl (C=O) groups is 1. The fraction of sp³-hybridized carbons (Fsp3) is 0.929. The van der Waals surface area contributed by atoms with Gasteiger partial charge in [0.25, 0.3) is 0 Å². The molecule has 0 aromatic carbocycles. The van der Waals surface area contributed by atoms with Crippen molar-refractivity contribution < 1.29 is 9.53 Å². The molecule has 0 aliphatic carbocycles. The van der Waals surface area contributed by atoms with Crippen molar-refractivity contribution in [3.8, 4) is 0 Å². The van der Waals surface area contributed by atoms with Gasteiger partial charge in [-0.1, -0.05) is 39.0 Å². The second kappa shape index (κ2) is 8.74. The monoisotopic (exact) mass is 228 g/mol. The zero-order valence-corrected chi connectivity index (χ0v) is 11.5. The van der Waals surface area contributed by atoms with E-state index in [1.54, 1.807) is 0 Å². The molecule has 96 valence electrons. The summed E-state index contributed by atoms with van der Waals surface area (Å²) in [4.78, 5) is 11.5. The first kappa shape index (κ1) is 15.6. The molecule has 0 unspecified atom stereocenters. The van der Waals surface area contributed by atoms with E-state index in [9.17, 15) is 4.79 Å². The lowest BCUT2D eigenvalue weighted by Gasteiger charge is -2.18. The highest BCUT2D eigenvalue weighted by molar-refractivity contribution is 5.79. The van der Waals surface area contributed by atoms with Gasteiger partial charge in [-0.25, -0.2) is 0 Å². The van der Waals surface area contributed by atoms with Gasteiger partial charge in [-0.2, -0.15) is 0 Å². The molecule has 0 fully saturated rings. The zero-order chi connectivity index (χ0) is 12.4. The van der Waals surface area contributed by atoms with Gasteiger partial charge in [0, 0.05) is 6.42 Å². The summed E-state index contributed by atoms with van der Waals surface area (Å²) in [5.74, 6) is 0.241. The van der Waals surface area contributed by atoms with Gasteiger partial charge in [-0.3, -0.25) is 4.79 Å². The van der Waals surface area contributed by atoms with Crippen molar-refractivity contribution in [3.63, 3.8) is 0 Å². The highest BCUT2D eigenvalue weighted by atomic mass is 16.5. The first-order valence-electron chi connectivity index (χ1n) is 6.61. The van der Waals surface area contributed by atoms with Crippen molar-refractivity contribution in [2.75, 3.05) is 6.61 Å². The summed E-state index contributed by atoms with van der Waals surface area (Å²) in [5.41, 5.74) is -0.198. The molecule has 0 aliphatic rings. The van der Waals surface area contributed by atoms with Crippen LogP contribution in [0.25, 0.3) is 0 Å². The van der Waals surface area contributed by atoms with E-state index < -0.39 is 0 Å². The molecule has 2 nitrogen and oxygen atoms in total. The predicted molar refractivity (Wildman–Crippen MR) is 68.7 cm³/mol. The maximum atomic E-state index is 11.5. The fourth-order valence-corrected chi connectivity index (χ4v) is 1.47. The van der Waals surface area contributed by atoms with Gasteiger partial charge in [0.1, 0.15) is 6.61 Å². The van der Waals surface area contributed by atoms with Crippen molar-refractivity contribution in [3.05, 3.63) is 0 Å². The second-order valence-electron chi connectivity index (χ2n) is 5.46. The number of hydrogen-bond donors (Lipinski definition) is 0. The molecule has 16 heavy (non-hydrogen) atoms. The molecule has 0 atom stereocenters. The minimum Gasteiger partial charge on any atom is -0.368 e. The molecule has 0 saturated carbocycles. The molecular weight excluding hydrogens is 200 g/mol. The Morgan fingerprint density at radius 1 is 1.00 bits per heavy atom. The zero-order valence-electron chi connectivity index (χ0n) is 11.5. The molecule has 0 rings (SSSR count). The van der Waals surface area contributed by atoms with Gasteiger partial charge in [0.15, 0.2) is 5.78 Å². The van der Waals surface area contributed by atoms with Gasteiger partial charge in [0.05, 0.1) is 5.60 Å². The number of ketones is 1. The fourth-order valence-electron chi connectivity index (χ4n) is 1.47. The van der Waals surface area contributed by atoms with Crippen LogP contribution in [0.15, 0.2) is 0 Å². The minimum atomic E-state index is -0.198. The average molecular weight is 228 g/mol. The van der Waals surface area contributed by atoms with Crippen LogP contribution in [0.1, 0.15) is 72.6 Å². The molecule has 0 radical (unpaired) electrons. The largest absolute Gasteiger partial charge is 0.368 e. The van der Waals surface area contributed by atoms with E-state index in [1.807, 2.05) is 20.8 Å². The van der Waals surface area contributed by atoms with Crippen LogP contribution in [0.2, 0.25) is 0 Å². The van der Waals surface area contributed by atoms with Crippen LogP contribution in [-0.4, -0.2) is 18.0 Å². The van der Waals surface area contributed by atoms with Crippen LogP contribution in [0.5, 0.6) is 0 Å². The lowest BCUT2D eigenvalue weighted by molar-refractivity contribution is -0.128. The molecule has 0 amide bonds. The summed E-state index contributed by atoms with van der Waals surface area (Å²) in [6, 6.07) is 0. The quantitative estimate of drug-likeness (QED) is 0.555. The van der Waals surface area contributed by atoms with E-state index in [0.717, 1.165) is 6.42 Å². The first-order valence-corrected chi connectivity index (χ1v) is 6.61. The molecule has 0 aliphatic heterocycles. The summed E-state index contributed by atoms with van der Waals surface area (Å²) < 4.78 is 5.44. The number of rotatable bonds is 9. The van der Waals surface area contributed by atoms with Crippen LogP contribution in [0.4, 0.5) is 0 Å². The summed E-state index contributed by atoms with van der Waals surface area (Å²) >= 11 is 0. The highest BCUT2D eigenvalue weighted by Crippen LogP contribution is 2.09. The second-order valence-corrected chi connectivity index (χ2v) is 5.46. The van der Waals surface area contributed by atoms with Crippen molar-refractivity contribution in [2.24, 2.45) is 0 Å². The third kappa shape index (κ3) is 11.7. The Morgan fingerprint density at radius 2 is 1.56 bits per heavy atom. The maximum absolute atomic E-state index is 11.5. The lowest BCUT2D eigenvalue weighted by atomic mass is 10.1. The van der Waals surface area contributed by atoms with Crippen LogP contribution in [-0.2, 0) is 9.53 Å². The Labute approximate surface area is 101 Å². The van der Waals surface area contributed by atoms with Gasteiger partial charge < -0.3 is 4.74 Å². The number of Topliss-reactive ketones (excluding diaryl/α,β-unsaturated/α-hetero) is 1. The van der Waals surface area contributed by atoms with Crippen molar-refractivity contribution in [1.82, 2.24) is 0 Å². The third-order valence-electron chi connectivity index (χ3n) is 2.48. The third-order valence-corrected chi connectivity index (χ3v) is 2.48. The molecular formula is C14H28O2. The molecule has 0 N–H and O–H groups in total. The van der Waals surface area contributed by atoms with Crippen molar-refractivity contribution >= 4 is 5.78 Å². The minimum absolute atomic E-state index is 0.198. The normalized spacial score (nSPS) is 11.8. The Morgan fingerprint density at radius 3 is 2.12 bits per heavy atom. The Kier molecular flexibility index (Phi) is 8.54. The SMILES string of the molecule is CCCCCCCCC(=O)COC(C)(C)C. The van der Waals surface area contributed by atoms with Crippen LogP contribution < -0.4 is 0 Å². The number of unbranched alkanes of at least 4 members (excludes halogenated alkanes) is 5. The molecule has 0 saturated heterocycles. The van der Waals surface area contributed by atoms with Gasteiger partial charge in [-0.15, -0.1) is 0 Å². The van der Waals surface area contributed by atoms with Crippen molar-refractivity contribution in [1.29, 1.82) is 0 Å². The standard InChI is InChI=1S/C14H28O2/c1-5-6-7-8-9-10-11-13(15)12-16-14(2,3)4/h5-12H2,1-4H3. The van der Waals surface area contributed by atoms with E-state index in [1.165, 1.54) is 32.1 Å². The molecule has 0 heterocycles. The Balaban J connectivity index is 3.31. The highest BCUT2D eigenvalue weighted by Gasteiger charge is 2.12. The Bertz CT molecular complexity index is 180. The van der Waals surface area contributed by atoms with E-state index in [2.05, 4.69) is 6.92 Å². The number of carbonyl (C=O) groups excluding carboxylic acids is 1. The van der Waals surface area contributed by atoms with E-state index in [4.69, 9.17) is 4.74 Å². The summed E-state index contributed by atoms with van der Waals surface area (Å²) in [5, 5.41) is 0. The lowest BCUT2D eigenvalue weighted by Crippen LogP contribution is -2.23. The van der Waals surface area contributed by atoms with Crippen molar-refractivity contribution in [2.45, 2.75) is 78.2 Å². The molecule has 0 bridgehead atoms. The van der Waals surface area contributed by atoms with E-state index in [-0.39, 0.29) is 18.0 Å². The molecule has 0 spiro atoms. The first-order chi connectivity index (χ1) is 7.45. The number of hydrogen-bond acceptors (Lipinski definition) is 2. The van der Waals surface area contributed by atoms with E-state index in [0.29, 0.717) is 6.42 Å². The smallest absolute Gasteiger partial charge is 0.158 e. The average Bonchev–Trinajstić information content (AvgIpc) is 2.19. The van der Waals surface area contributed by atoms with Gasteiger partial charge in [0.2, 0.25) is 0 Å². The Hall–Kier alpha value is -0.370. The summed E-state index contributed by atoms with van der Waals surface area (Å²) in [6.07, 6.45) is 8.06. The topological polar surface area (TPSA) is 26.3 Å².